The second-order valence-corrected chi connectivity index (χ2v) is 9.14. The van der Waals surface area contributed by atoms with Gasteiger partial charge >= 0.3 is 6.09 Å². The molecule has 2 N–H and O–H groups in total. The van der Waals surface area contributed by atoms with E-state index < -0.39 is 6.09 Å². The zero-order chi connectivity index (χ0) is 24.6. The molecule has 35 heavy (non-hydrogen) atoms. The fourth-order valence-electron chi connectivity index (χ4n) is 4.82. The van der Waals surface area contributed by atoms with E-state index in [4.69, 9.17) is 4.74 Å². The van der Waals surface area contributed by atoms with Crippen molar-refractivity contribution in [3.05, 3.63) is 95.6 Å². The summed E-state index contributed by atoms with van der Waals surface area (Å²) in [5.74, 6) is 0.220. The first-order valence-corrected chi connectivity index (χ1v) is 12.5. The van der Waals surface area contributed by atoms with E-state index in [-0.39, 0.29) is 30.4 Å². The van der Waals surface area contributed by atoms with Gasteiger partial charge in [0.2, 0.25) is 0 Å². The summed E-state index contributed by atoms with van der Waals surface area (Å²) in [4.78, 5) is 24.8. The Bertz CT molecular complexity index is 1100. The molecule has 5 heteroatoms. The van der Waals surface area contributed by atoms with Crippen LogP contribution >= 0.6 is 0 Å². The van der Waals surface area contributed by atoms with Crippen molar-refractivity contribution in [1.29, 1.82) is 0 Å². The van der Waals surface area contributed by atoms with Gasteiger partial charge in [-0.05, 0) is 54.1 Å². The third kappa shape index (κ3) is 6.17. The van der Waals surface area contributed by atoms with Crippen molar-refractivity contribution >= 4 is 11.9 Å². The topological polar surface area (TPSA) is 67.4 Å². The summed E-state index contributed by atoms with van der Waals surface area (Å²) >= 11 is 0. The summed E-state index contributed by atoms with van der Waals surface area (Å²) < 4.78 is 5.77. The minimum Gasteiger partial charge on any atom is -0.449 e. The molecule has 0 heterocycles. The number of benzene rings is 3. The van der Waals surface area contributed by atoms with Crippen molar-refractivity contribution in [3.63, 3.8) is 0 Å². The molecule has 0 saturated heterocycles. The average Bonchev–Trinajstić information content (AvgIpc) is 3.21. The normalized spacial score (nSPS) is 14.0. The van der Waals surface area contributed by atoms with Crippen LogP contribution in [-0.4, -0.2) is 37.1 Å². The van der Waals surface area contributed by atoms with E-state index in [0.29, 0.717) is 25.8 Å². The second kappa shape index (κ2) is 11.8. The molecular formula is C30H34N2O3. The van der Waals surface area contributed by atoms with Crippen LogP contribution in [0.15, 0.2) is 78.9 Å². The highest BCUT2D eigenvalue weighted by Crippen LogP contribution is 2.44. The van der Waals surface area contributed by atoms with E-state index in [0.717, 1.165) is 5.56 Å². The van der Waals surface area contributed by atoms with Crippen LogP contribution in [0.2, 0.25) is 0 Å². The maximum absolute atomic E-state index is 12.9. The number of hydrogen-bond donors (Lipinski definition) is 2. The molecule has 3 aromatic rings. The minimum atomic E-state index is -0.412. The molecule has 4 rings (SSSR count). The quantitative estimate of drug-likeness (QED) is 0.389. The van der Waals surface area contributed by atoms with Gasteiger partial charge in [-0.2, -0.15) is 0 Å². The van der Waals surface area contributed by atoms with Crippen molar-refractivity contribution in [2.24, 2.45) is 0 Å². The maximum atomic E-state index is 12.9. The Morgan fingerprint density at radius 3 is 2.11 bits per heavy atom. The molecular weight excluding hydrogens is 436 g/mol. The van der Waals surface area contributed by atoms with Crippen LogP contribution in [0, 0.1) is 0 Å². The number of fused-ring (bicyclic) bond motifs is 3. The van der Waals surface area contributed by atoms with Crippen molar-refractivity contribution < 1.29 is 14.3 Å². The monoisotopic (exact) mass is 470 g/mol. The highest BCUT2D eigenvalue weighted by atomic mass is 16.5. The Morgan fingerprint density at radius 1 is 0.886 bits per heavy atom. The van der Waals surface area contributed by atoms with Gasteiger partial charge in [0.1, 0.15) is 12.4 Å². The molecule has 0 aliphatic heterocycles. The summed E-state index contributed by atoms with van der Waals surface area (Å²) in [6.07, 6.45) is 1.49. The Morgan fingerprint density at radius 2 is 1.49 bits per heavy atom. The summed E-state index contributed by atoms with van der Waals surface area (Å²) in [6, 6.07) is 26.4. The molecule has 0 bridgehead atoms. The number of nitrogens with one attached hydrogen (secondary N) is 2. The zero-order valence-corrected chi connectivity index (χ0v) is 20.5. The maximum Gasteiger partial charge on any atom is 0.407 e. The Labute approximate surface area is 207 Å². The number of Topliss-reactive ketones (excluding diaryl/α,β-unsaturated/α-hetero) is 1. The molecule has 1 aliphatic rings. The van der Waals surface area contributed by atoms with Crippen LogP contribution < -0.4 is 10.6 Å². The van der Waals surface area contributed by atoms with E-state index in [1.54, 1.807) is 0 Å². The molecule has 1 unspecified atom stereocenters. The summed E-state index contributed by atoms with van der Waals surface area (Å²) in [7, 11) is 0. The number of amides is 1. The standard InChI is InChI=1S/C30H34N2O3/c1-3-29(33)21(2)31-18-17-23(19-22-11-5-4-6-12-22)32-30(34)35-20-28-26-15-9-7-13-24(26)25-14-8-10-16-27(25)28/h4-16,21,23,28,31H,3,17-20H2,1-2H3,(H,32,34)/t21-,23?/m0/s1. The van der Waals surface area contributed by atoms with Gasteiger partial charge < -0.3 is 15.4 Å². The summed E-state index contributed by atoms with van der Waals surface area (Å²) in [6.45, 7) is 4.68. The van der Waals surface area contributed by atoms with Crippen LogP contribution in [0.4, 0.5) is 4.79 Å². The van der Waals surface area contributed by atoms with E-state index in [1.807, 2.05) is 56.3 Å². The highest BCUT2D eigenvalue weighted by molar-refractivity contribution is 5.83. The fraction of sp³-hybridized carbons (Fsp3) is 0.333. The van der Waals surface area contributed by atoms with Crippen molar-refractivity contribution in [2.75, 3.05) is 13.2 Å². The second-order valence-electron chi connectivity index (χ2n) is 9.14. The van der Waals surface area contributed by atoms with Gasteiger partial charge in [-0.1, -0.05) is 85.8 Å². The predicted octanol–water partition coefficient (Wildman–Crippen LogP) is 5.48. The largest absolute Gasteiger partial charge is 0.449 e. The molecule has 0 saturated carbocycles. The number of ketones is 1. The summed E-state index contributed by atoms with van der Waals surface area (Å²) in [5, 5.41) is 6.35. The molecule has 0 radical (unpaired) electrons. The predicted molar refractivity (Wildman–Crippen MR) is 140 cm³/mol. The lowest BCUT2D eigenvalue weighted by molar-refractivity contribution is -0.120. The van der Waals surface area contributed by atoms with E-state index >= 15 is 0 Å². The minimum absolute atomic E-state index is 0.0308. The van der Waals surface area contributed by atoms with Gasteiger partial charge in [0.05, 0.1) is 6.04 Å². The lowest BCUT2D eigenvalue weighted by atomic mass is 9.98. The zero-order valence-electron chi connectivity index (χ0n) is 20.5. The lowest BCUT2D eigenvalue weighted by Gasteiger charge is -2.21. The Balaban J connectivity index is 1.38. The Kier molecular flexibility index (Phi) is 8.32. The molecule has 1 aliphatic carbocycles. The third-order valence-corrected chi connectivity index (χ3v) is 6.77. The SMILES string of the molecule is CCC(=O)[C@H](C)NCCC(Cc1ccccc1)NC(=O)OCC1c2ccccc2-c2ccccc21. The van der Waals surface area contributed by atoms with Crippen LogP contribution in [0.1, 0.15) is 49.3 Å². The number of ether oxygens (including phenoxy) is 1. The number of hydrogen-bond acceptors (Lipinski definition) is 4. The van der Waals surface area contributed by atoms with Crippen molar-refractivity contribution in [1.82, 2.24) is 10.6 Å². The van der Waals surface area contributed by atoms with Gasteiger partial charge in [0.15, 0.2) is 0 Å². The molecule has 1 amide bonds. The van der Waals surface area contributed by atoms with Gasteiger partial charge in [-0.25, -0.2) is 4.79 Å². The molecule has 0 spiro atoms. The van der Waals surface area contributed by atoms with Crippen LogP contribution in [0.25, 0.3) is 11.1 Å². The van der Waals surface area contributed by atoms with Gasteiger partial charge in [-0.15, -0.1) is 0 Å². The van der Waals surface area contributed by atoms with Gasteiger partial charge in [-0.3, -0.25) is 4.79 Å². The van der Waals surface area contributed by atoms with Crippen molar-refractivity contribution in [3.8, 4) is 11.1 Å². The number of carbonyl (C=O) groups excluding carboxylic acids is 2. The van der Waals surface area contributed by atoms with Crippen LogP contribution in [0.5, 0.6) is 0 Å². The number of alkyl carbamates (subject to hydrolysis) is 1. The lowest BCUT2D eigenvalue weighted by Crippen LogP contribution is -2.41. The summed E-state index contributed by atoms with van der Waals surface area (Å²) in [5.41, 5.74) is 5.96. The first kappa shape index (κ1) is 24.7. The third-order valence-electron chi connectivity index (χ3n) is 6.77. The smallest absolute Gasteiger partial charge is 0.407 e. The first-order chi connectivity index (χ1) is 17.1. The van der Waals surface area contributed by atoms with E-state index in [1.165, 1.54) is 22.3 Å². The molecule has 5 nitrogen and oxygen atoms in total. The molecule has 182 valence electrons. The molecule has 0 aromatic heterocycles. The van der Waals surface area contributed by atoms with E-state index in [2.05, 4.69) is 47.0 Å². The first-order valence-electron chi connectivity index (χ1n) is 12.5. The highest BCUT2D eigenvalue weighted by Gasteiger charge is 2.29. The van der Waals surface area contributed by atoms with Gasteiger partial charge in [0, 0.05) is 18.4 Å². The fourth-order valence-corrected chi connectivity index (χ4v) is 4.82. The molecule has 2 atom stereocenters. The van der Waals surface area contributed by atoms with Crippen molar-refractivity contribution in [2.45, 2.75) is 51.1 Å². The van der Waals surface area contributed by atoms with E-state index in [9.17, 15) is 9.59 Å². The van der Waals surface area contributed by atoms with Gasteiger partial charge in [0.25, 0.3) is 0 Å². The number of carbonyl (C=O) groups is 2. The Hall–Kier alpha value is -3.44. The number of rotatable bonds is 11. The average molecular weight is 471 g/mol. The molecule has 3 aromatic carbocycles. The molecule has 0 fully saturated rings. The van der Waals surface area contributed by atoms with Crippen LogP contribution in [0.3, 0.4) is 0 Å². The van der Waals surface area contributed by atoms with Crippen LogP contribution in [-0.2, 0) is 16.0 Å².